The number of hydrogen-bond acceptors (Lipinski definition) is 5. The fourth-order valence-corrected chi connectivity index (χ4v) is 2.35. The highest BCUT2D eigenvalue weighted by atomic mass is 16.6. The molecule has 0 fully saturated rings. The van der Waals surface area contributed by atoms with Crippen LogP contribution in [0, 0.1) is 17.0 Å². The Labute approximate surface area is 131 Å². The average molecular weight is 307 g/mol. The van der Waals surface area contributed by atoms with Crippen molar-refractivity contribution in [2.45, 2.75) is 6.92 Å². The SMILES string of the molecule is Cc1cccc(N=Cc2cc([N+](=O)[O-])c3ccccc3c2O)n1. The van der Waals surface area contributed by atoms with Crippen LogP contribution in [-0.4, -0.2) is 21.2 Å². The number of aliphatic imine (C=N–C) groups is 1. The zero-order valence-electron chi connectivity index (χ0n) is 12.3. The summed E-state index contributed by atoms with van der Waals surface area (Å²) < 4.78 is 0. The number of nitrogens with zero attached hydrogens (tertiary/aromatic N) is 3. The van der Waals surface area contributed by atoms with Gasteiger partial charge in [0, 0.05) is 28.9 Å². The van der Waals surface area contributed by atoms with Crippen LogP contribution in [-0.2, 0) is 0 Å². The highest BCUT2D eigenvalue weighted by molar-refractivity contribution is 6.02. The molecule has 1 heterocycles. The molecule has 23 heavy (non-hydrogen) atoms. The molecule has 6 heteroatoms. The second-order valence-corrected chi connectivity index (χ2v) is 5.03. The van der Waals surface area contributed by atoms with Crippen molar-refractivity contribution in [3.05, 3.63) is 69.9 Å². The smallest absolute Gasteiger partial charge is 0.278 e. The Hall–Kier alpha value is -3.28. The molecular formula is C17H13N3O3. The monoisotopic (exact) mass is 307 g/mol. The Morgan fingerprint density at radius 2 is 1.91 bits per heavy atom. The number of aromatic nitrogens is 1. The van der Waals surface area contributed by atoms with Gasteiger partial charge in [0.2, 0.25) is 0 Å². The van der Waals surface area contributed by atoms with E-state index in [1.807, 2.05) is 19.1 Å². The number of phenols is 1. The van der Waals surface area contributed by atoms with E-state index in [9.17, 15) is 15.2 Å². The van der Waals surface area contributed by atoms with Gasteiger partial charge in [0.25, 0.3) is 5.69 Å². The molecule has 0 aliphatic rings. The first-order valence-corrected chi connectivity index (χ1v) is 6.93. The minimum absolute atomic E-state index is 0.0393. The van der Waals surface area contributed by atoms with E-state index < -0.39 is 4.92 Å². The van der Waals surface area contributed by atoms with Gasteiger partial charge in [0.05, 0.1) is 10.3 Å². The molecule has 114 valence electrons. The number of aryl methyl sites for hydroxylation is 1. The third-order valence-electron chi connectivity index (χ3n) is 3.43. The minimum atomic E-state index is -0.468. The molecule has 0 saturated carbocycles. The van der Waals surface area contributed by atoms with Crippen molar-refractivity contribution in [2.75, 3.05) is 0 Å². The topological polar surface area (TPSA) is 88.6 Å². The molecule has 0 atom stereocenters. The number of fused-ring (bicyclic) bond motifs is 1. The molecular weight excluding hydrogens is 294 g/mol. The molecule has 1 N–H and O–H groups in total. The fraction of sp³-hybridized carbons (Fsp3) is 0.0588. The molecule has 1 aromatic heterocycles. The Morgan fingerprint density at radius 1 is 1.17 bits per heavy atom. The number of hydrogen-bond donors (Lipinski definition) is 1. The largest absolute Gasteiger partial charge is 0.507 e. The number of pyridine rings is 1. The minimum Gasteiger partial charge on any atom is -0.507 e. The first-order chi connectivity index (χ1) is 11.1. The summed E-state index contributed by atoms with van der Waals surface area (Å²) in [6.45, 7) is 1.84. The molecule has 2 aromatic carbocycles. The molecule has 0 saturated heterocycles. The van der Waals surface area contributed by atoms with E-state index >= 15 is 0 Å². The van der Waals surface area contributed by atoms with E-state index in [0.717, 1.165) is 5.69 Å². The molecule has 0 radical (unpaired) electrons. The Balaban J connectivity index is 2.14. The van der Waals surface area contributed by atoms with E-state index in [0.29, 0.717) is 16.6 Å². The highest BCUT2D eigenvalue weighted by Gasteiger charge is 2.17. The molecule has 0 aliphatic heterocycles. The molecule has 0 unspecified atom stereocenters. The van der Waals surface area contributed by atoms with Gasteiger partial charge in [-0.1, -0.05) is 24.3 Å². The maximum atomic E-state index is 11.3. The Kier molecular flexibility index (Phi) is 3.72. The van der Waals surface area contributed by atoms with Gasteiger partial charge in [-0.05, 0) is 25.1 Å². The normalized spacial score (nSPS) is 11.2. The van der Waals surface area contributed by atoms with Gasteiger partial charge >= 0.3 is 0 Å². The van der Waals surface area contributed by atoms with E-state index in [1.165, 1.54) is 12.3 Å². The van der Waals surface area contributed by atoms with E-state index in [-0.39, 0.29) is 17.0 Å². The third kappa shape index (κ3) is 2.87. The average Bonchev–Trinajstić information content (AvgIpc) is 2.54. The lowest BCUT2D eigenvalue weighted by Gasteiger charge is -2.05. The maximum absolute atomic E-state index is 11.3. The zero-order valence-corrected chi connectivity index (χ0v) is 12.3. The molecule has 0 bridgehead atoms. The van der Waals surface area contributed by atoms with Gasteiger partial charge in [-0.3, -0.25) is 10.1 Å². The standard InChI is InChI=1S/C17H13N3O3/c1-11-5-4-8-16(19-11)18-10-12-9-15(20(22)23)13-6-2-3-7-14(13)17(12)21/h2-10,21H,1H3. The van der Waals surface area contributed by atoms with Crippen molar-refractivity contribution in [1.82, 2.24) is 4.98 Å². The van der Waals surface area contributed by atoms with Crippen LogP contribution in [0.4, 0.5) is 11.5 Å². The summed E-state index contributed by atoms with van der Waals surface area (Å²) in [5.74, 6) is 0.433. The van der Waals surface area contributed by atoms with Crippen molar-refractivity contribution in [3.8, 4) is 5.75 Å². The summed E-state index contributed by atoms with van der Waals surface area (Å²) in [6.07, 6.45) is 1.39. The van der Waals surface area contributed by atoms with E-state index in [1.54, 1.807) is 30.3 Å². The lowest BCUT2D eigenvalue weighted by molar-refractivity contribution is -0.383. The maximum Gasteiger partial charge on any atom is 0.278 e. The van der Waals surface area contributed by atoms with Gasteiger partial charge in [-0.2, -0.15) is 0 Å². The number of nitro benzene ring substituents is 1. The Bertz CT molecular complexity index is 936. The van der Waals surface area contributed by atoms with Crippen LogP contribution in [0.1, 0.15) is 11.3 Å². The first kappa shape index (κ1) is 14.6. The van der Waals surface area contributed by atoms with Crippen LogP contribution in [0.15, 0.2) is 53.5 Å². The fourth-order valence-electron chi connectivity index (χ4n) is 2.35. The van der Waals surface area contributed by atoms with E-state index in [2.05, 4.69) is 9.98 Å². The zero-order chi connectivity index (χ0) is 16.4. The quantitative estimate of drug-likeness (QED) is 0.451. The summed E-state index contributed by atoms with van der Waals surface area (Å²) in [5, 5.41) is 22.4. The van der Waals surface area contributed by atoms with Crippen molar-refractivity contribution < 1.29 is 10.0 Å². The number of aromatic hydroxyl groups is 1. The van der Waals surface area contributed by atoms with Crippen LogP contribution in [0.5, 0.6) is 5.75 Å². The molecule has 0 spiro atoms. The van der Waals surface area contributed by atoms with Gasteiger partial charge in [-0.15, -0.1) is 0 Å². The van der Waals surface area contributed by atoms with Gasteiger partial charge < -0.3 is 5.11 Å². The number of benzene rings is 2. The lowest BCUT2D eigenvalue weighted by atomic mass is 10.0. The molecule has 0 aliphatic carbocycles. The second-order valence-electron chi connectivity index (χ2n) is 5.03. The summed E-state index contributed by atoms with van der Waals surface area (Å²) >= 11 is 0. The first-order valence-electron chi connectivity index (χ1n) is 6.93. The Morgan fingerprint density at radius 3 is 2.61 bits per heavy atom. The number of non-ortho nitro benzene ring substituents is 1. The number of phenolic OH excluding ortho intramolecular Hbond substituents is 1. The van der Waals surface area contributed by atoms with Crippen LogP contribution in [0.2, 0.25) is 0 Å². The predicted molar refractivity (Wildman–Crippen MR) is 88.5 cm³/mol. The predicted octanol–water partition coefficient (Wildman–Crippen LogP) is 3.91. The van der Waals surface area contributed by atoms with Gasteiger partial charge in [0.1, 0.15) is 5.75 Å². The number of nitro groups is 1. The second kappa shape index (κ2) is 5.84. The molecule has 3 aromatic rings. The van der Waals surface area contributed by atoms with Crippen molar-refractivity contribution >= 4 is 28.5 Å². The van der Waals surface area contributed by atoms with Crippen molar-refractivity contribution in [1.29, 1.82) is 0 Å². The van der Waals surface area contributed by atoms with Crippen molar-refractivity contribution in [3.63, 3.8) is 0 Å². The molecule has 0 amide bonds. The van der Waals surface area contributed by atoms with E-state index in [4.69, 9.17) is 0 Å². The summed E-state index contributed by atoms with van der Waals surface area (Å²) in [4.78, 5) is 19.2. The lowest BCUT2D eigenvalue weighted by Crippen LogP contribution is -1.93. The van der Waals surface area contributed by atoms with Gasteiger partial charge in [-0.25, -0.2) is 9.98 Å². The van der Waals surface area contributed by atoms with Crippen LogP contribution >= 0.6 is 0 Å². The molecule has 3 rings (SSSR count). The molecule has 6 nitrogen and oxygen atoms in total. The summed E-state index contributed by atoms with van der Waals surface area (Å²) in [5.41, 5.74) is 1.02. The number of rotatable bonds is 3. The van der Waals surface area contributed by atoms with Crippen LogP contribution in [0.3, 0.4) is 0 Å². The summed E-state index contributed by atoms with van der Waals surface area (Å²) in [7, 11) is 0. The third-order valence-corrected chi connectivity index (χ3v) is 3.43. The highest BCUT2D eigenvalue weighted by Crippen LogP contribution is 2.35. The van der Waals surface area contributed by atoms with Crippen LogP contribution < -0.4 is 0 Å². The van der Waals surface area contributed by atoms with Gasteiger partial charge in [0.15, 0.2) is 5.82 Å². The summed E-state index contributed by atoms with van der Waals surface area (Å²) in [6, 6.07) is 13.4. The van der Waals surface area contributed by atoms with Crippen LogP contribution in [0.25, 0.3) is 10.8 Å². The van der Waals surface area contributed by atoms with Crippen molar-refractivity contribution in [2.24, 2.45) is 4.99 Å².